The van der Waals surface area contributed by atoms with E-state index in [1.54, 1.807) is 40.7 Å². The molecule has 28 heavy (non-hydrogen) atoms. The number of rotatable bonds is 3. The van der Waals surface area contributed by atoms with Gasteiger partial charge in [0.15, 0.2) is 0 Å². The predicted octanol–water partition coefficient (Wildman–Crippen LogP) is 3.18. The SMILES string of the molecule is N#Cc1cccnc1N1CCN(C(=O)c2csc(-c3ccc(F)cc3)n2)CC1. The lowest BCUT2D eigenvalue weighted by molar-refractivity contribution is 0.0741. The molecule has 6 nitrogen and oxygen atoms in total. The number of halogens is 1. The third-order valence-electron chi connectivity index (χ3n) is 4.59. The van der Waals surface area contributed by atoms with Gasteiger partial charge in [0.1, 0.15) is 28.4 Å². The molecule has 1 aliphatic rings. The fraction of sp³-hybridized carbons (Fsp3) is 0.200. The summed E-state index contributed by atoms with van der Waals surface area (Å²) in [6.45, 7) is 2.27. The zero-order chi connectivity index (χ0) is 19.5. The van der Waals surface area contributed by atoms with Crippen molar-refractivity contribution in [1.29, 1.82) is 5.26 Å². The first-order chi connectivity index (χ1) is 13.7. The summed E-state index contributed by atoms with van der Waals surface area (Å²) in [7, 11) is 0. The van der Waals surface area contributed by atoms with Crippen LogP contribution in [-0.4, -0.2) is 47.0 Å². The molecule has 0 spiro atoms. The molecule has 2 aromatic heterocycles. The normalized spacial score (nSPS) is 14.0. The molecule has 0 radical (unpaired) electrons. The Labute approximate surface area is 165 Å². The highest BCUT2D eigenvalue weighted by atomic mass is 32.1. The van der Waals surface area contributed by atoms with Gasteiger partial charge in [0.25, 0.3) is 5.91 Å². The molecule has 3 aromatic rings. The lowest BCUT2D eigenvalue weighted by Crippen LogP contribution is -2.49. The van der Waals surface area contributed by atoms with Crippen LogP contribution in [0.25, 0.3) is 10.6 Å². The Morgan fingerprint density at radius 2 is 1.89 bits per heavy atom. The second-order valence-corrected chi connectivity index (χ2v) is 7.17. The van der Waals surface area contributed by atoms with Gasteiger partial charge in [0, 0.05) is 43.3 Å². The van der Waals surface area contributed by atoms with Crippen LogP contribution in [0.1, 0.15) is 16.1 Å². The Morgan fingerprint density at radius 1 is 1.14 bits per heavy atom. The third kappa shape index (κ3) is 3.57. The highest BCUT2D eigenvalue weighted by Gasteiger charge is 2.25. The highest BCUT2D eigenvalue weighted by molar-refractivity contribution is 7.13. The first kappa shape index (κ1) is 18.1. The van der Waals surface area contributed by atoms with E-state index < -0.39 is 0 Å². The minimum absolute atomic E-state index is 0.120. The second-order valence-electron chi connectivity index (χ2n) is 6.31. The fourth-order valence-corrected chi connectivity index (χ4v) is 3.92. The maximum atomic E-state index is 13.1. The number of amides is 1. The van der Waals surface area contributed by atoms with Crippen molar-refractivity contribution >= 4 is 23.1 Å². The van der Waals surface area contributed by atoms with Crippen LogP contribution in [0.2, 0.25) is 0 Å². The highest BCUT2D eigenvalue weighted by Crippen LogP contribution is 2.25. The number of carbonyl (C=O) groups excluding carboxylic acids is 1. The molecule has 4 rings (SSSR count). The van der Waals surface area contributed by atoms with E-state index >= 15 is 0 Å². The molecule has 3 heterocycles. The molecule has 0 unspecified atom stereocenters. The Morgan fingerprint density at radius 3 is 2.61 bits per heavy atom. The molecule has 0 N–H and O–H groups in total. The van der Waals surface area contributed by atoms with Gasteiger partial charge in [-0.25, -0.2) is 14.4 Å². The summed E-state index contributed by atoms with van der Waals surface area (Å²) in [5, 5.41) is 11.7. The zero-order valence-electron chi connectivity index (χ0n) is 14.9. The summed E-state index contributed by atoms with van der Waals surface area (Å²) < 4.78 is 13.1. The fourth-order valence-electron chi connectivity index (χ4n) is 3.12. The van der Waals surface area contributed by atoms with Gasteiger partial charge in [0.05, 0.1) is 5.56 Å². The van der Waals surface area contributed by atoms with E-state index in [4.69, 9.17) is 0 Å². The lowest BCUT2D eigenvalue weighted by atomic mass is 10.2. The van der Waals surface area contributed by atoms with Gasteiger partial charge in [-0.05, 0) is 36.4 Å². The number of hydrogen-bond donors (Lipinski definition) is 0. The summed E-state index contributed by atoms with van der Waals surface area (Å²) in [5.41, 5.74) is 1.72. The number of benzene rings is 1. The number of aromatic nitrogens is 2. The molecule has 8 heteroatoms. The zero-order valence-corrected chi connectivity index (χ0v) is 15.7. The Bertz CT molecular complexity index is 1040. The van der Waals surface area contributed by atoms with Crippen LogP contribution in [0.5, 0.6) is 0 Å². The maximum absolute atomic E-state index is 13.1. The molecule has 1 saturated heterocycles. The minimum atomic E-state index is -0.304. The predicted molar refractivity (Wildman–Crippen MR) is 105 cm³/mol. The van der Waals surface area contributed by atoms with E-state index in [1.165, 1.54) is 23.5 Å². The van der Waals surface area contributed by atoms with Crippen molar-refractivity contribution in [3.63, 3.8) is 0 Å². The summed E-state index contributed by atoms with van der Waals surface area (Å²) in [6, 6.07) is 11.7. The number of piperazine rings is 1. The monoisotopic (exact) mass is 393 g/mol. The summed E-state index contributed by atoms with van der Waals surface area (Å²) >= 11 is 1.37. The Hall–Kier alpha value is -3.31. The first-order valence-electron chi connectivity index (χ1n) is 8.76. The number of anilines is 1. The standard InChI is InChI=1S/C20H16FN5OS/c21-16-5-3-14(4-6-16)19-24-17(13-28-19)20(27)26-10-8-25(9-11-26)18-15(12-22)2-1-7-23-18/h1-7,13H,8-11H2. The van der Waals surface area contributed by atoms with Crippen molar-refractivity contribution in [1.82, 2.24) is 14.9 Å². The number of hydrogen-bond acceptors (Lipinski definition) is 6. The van der Waals surface area contributed by atoms with E-state index in [-0.39, 0.29) is 11.7 Å². The summed E-state index contributed by atoms with van der Waals surface area (Å²) in [6.07, 6.45) is 1.67. The maximum Gasteiger partial charge on any atom is 0.273 e. The molecule has 1 aromatic carbocycles. The van der Waals surface area contributed by atoms with Gasteiger partial charge in [0.2, 0.25) is 0 Å². The van der Waals surface area contributed by atoms with Gasteiger partial charge in [-0.15, -0.1) is 11.3 Å². The lowest BCUT2D eigenvalue weighted by Gasteiger charge is -2.35. The van der Waals surface area contributed by atoms with Crippen LogP contribution in [-0.2, 0) is 0 Å². The van der Waals surface area contributed by atoms with Crippen LogP contribution in [0.15, 0.2) is 48.0 Å². The Kier molecular flexibility index (Phi) is 5.00. The van der Waals surface area contributed by atoms with E-state index in [0.29, 0.717) is 48.3 Å². The molecule has 1 fully saturated rings. The van der Waals surface area contributed by atoms with Crippen molar-refractivity contribution in [2.45, 2.75) is 0 Å². The molecular formula is C20H16FN5OS. The van der Waals surface area contributed by atoms with Crippen LogP contribution < -0.4 is 4.90 Å². The van der Waals surface area contributed by atoms with E-state index in [2.05, 4.69) is 16.0 Å². The van der Waals surface area contributed by atoms with E-state index in [9.17, 15) is 14.4 Å². The molecule has 1 aliphatic heterocycles. The average Bonchev–Trinajstić information content (AvgIpc) is 3.24. The van der Waals surface area contributed by atoms with Crippen molar-refractivity contribution in [2.24, 2.45) is 0 Å². The van der Waals surface area contributed by atoms with Gasteiger partial charge >= 0.3 is 0 Å². The van der Waals surface area contributed by atoms with E-state index in [1.807, 2.05) is 4.90 Å². The smallest absolute Gasteiger partial charge is 0.273 e. The quantitative estimate of drug-likeness (QED) is 0.683. The summed E-state index contributed by atoms with van der Waals surface area (Å²) in [5.74, 6) is 0.233. The van der Waals surface area contributed by atoms with Crippen LogP contribution in [0.4, 0.5) is 10.2 Å². The first-order valence-corrected chi connectivity index (χ1v) is 9.64. The van der Waals surface area contributed by atoms with Crippen molar-refractivity contribution in [3.8, 4) is 16.6 Å². The number of carbonyl (C=O) groups is 1. The average molecular weight is 393 g/mol. The Balaban J connectivity index is 1.43. The molecule has 140 valence electrons. The van der Waals surface area contributed by atoms with Crippen molar-refractivity contribution < 1.29 is 9.18 Å². The third-order valence-corrected chi connectivity index (χ3v) is 5.48. The number of nitriles is 1. The van der Waals surface area contributed by atoms with Gasteiger partial charge < -0.3 is 9.80 Å². The second kappa shape index (κ2) is 7.74. The van der Waals surface area contributed by atoms with Crippen molar-refractivity contribution in [2.75, 3.05) is 31.1 Å². The van der Waals surface area contributed by atoms with Crippen molar-refractivity contribution in [3.05, 3.63) is 65.0 Å². The molecule has 0 aliphatic carbocycles. The number of thiazole rings is 1. The molecular weight excluding hydrogens is 377 g/mol. The summed E-state index contributed by atoms with van der Waals surface area (Å²) in [4.78, 5) is 25.3. The van der Waals surface area contributed by atoms with Crippen LogP contribution in [0.3, 0.4) is 0 Å². The molecule has 0 saturated carbocycles. The van der Waals surface area contributed by atoms with Gasteiger partial charge in [-0.3, -0.25) is 4.79 Å². The number of nitrogens with zero attached hydrogens (tertiary/aromatic N) is 5. The van der Waals surface area contributed by atoms with Crippen LogP contribution in [0, 0.1) is 17.1 Å². The molecule has 0 bridgehead atoms. The van der Waals surface area contributed by atoms with Gasteiger partial charge in [-0.1, -0.05) is 0 Å². The molecule has 0 atom stereocenters. The van der Waals surface area contributed by atoms with Crippen LogP contribution >= 0.6 is 11.3 Å². The molecule has 1 amide bonds. The minimum Gasteiger partial charge on any atom is -0.352 e. The van der Waals surface area contributed by atoms with Gasteiger partial charge in [-0.2, -0.15) is 5.26 Å². The topological polar surface area (TPSA) is 73.1 Å². The number of pyridine rings is 1. The largest absolute Gasteiger partial charge is 0.352 e. The van der Waals surface area contributed by atoms with E-state index in [0.717, 1.165) is 5.56 Å².